The minimum Gasteiger partial charge on any atom is -0.275 e. The number of aromatic amines is 1. The Morgan fingerprint density at radius 1 is 0.897 bits per heavy atom. The van der Waals surface area contributed by atoms with E-state index < -0.39 is 11.8 Å². The lowest BCUT2D eigenvalue weighted by atomic mass is 10.0. The average molecular weight is 444 g/mol. The second kappa shape index (κ2) is 6.56. The molecule has 142 valence electrons. The third-order valence-corrected chi connectivity index (χ3v) is 5.51. The van der Waals surface area contributed by atoms with Crippen molar-refractivity contribution in [1.29, 1.82) is 0 Å². The van der Waals surface area contributed by atoms with Crippen molar-refractivity contribution in [1.82, 2.24) is 15.2 Å². The molecule has 0 saturated carbocycles. The number of fused-ring (bicyclic) bond motifs is 3. The van der Waals surface area contributed by atoms with Crippen LogP contribution in [0.15, 0.2) is 48.7 Å². The highest BCUT2D eigenvalue weighted by molar-refractivity contribution is 6.42. The highest BCUT2D eigenvalue weighted by Crippen LogP contribution is 2.39. The molecular weight excluding hydrogens is 435 g/mol. The number of nitrogens with one attached hydrogen (secondary N) is 1. The molecule has 1 aliphatic heterocycles. The van der Waals surface area contributed by atoms with E-state index in [9.17, 15) is 9.59 Å². The SMILES string of the molecule is O=C1c2cnc3n[nH]c(-c4ccc(Cl)cc4)c3c2C(=O)N1c1ccc(Cl)cc1Cl. The van der Waals surface area contributed by atoms with Crippen LogP contribution in [0.5, 0.6) is 0 Å². The van der Waals surface area contributed by atoms with Crippen molar-refractivity contribution >= 4 is 63.3 Å². The van der Waals surface area contributed by atoms with E-state index in [0.29, 0.717) is 26.8 Å². The van der Waals surface area contributed by atoms with Gasteiger partial charge >= 0.3 is 0 Å². The lowest BCUT2D eigenvalue weighted by Gasteiger charge is -2.15. The summed E-state index contributed by atoms with van der Waals surface area (Å²) in [5, 5.41) is 8.74. The summed E-state index contributed by atoms with van der Waals surface area (Å²) in [6.07, 6.45) is 1.36. The maximum absolute atomic E-state index is 13.3. The van der Waals surface area contributed by atoms with Crippen LogP contribution in [0.1, 0.15) is 20.7 Å². The second-order valence-corrected chi connectivity index (χ2v) is 7.67. The number of imide groups is 1. The summed E-state index contributed by atoms with van der Waals surface area (Å²) in [7, 11) is 0. The van der Waals surface area contributed by atoms with Crippen LogP contribution < -0.4 is 4.90 Å². The molecule has 6 nitrogen and oxygen atoms in total. The molecule has 9 heteroatoms. The topological polar surface area (TPSA) is 79.0 Å². The highest BCUT2D eigenvalue weighted by Gasteiger charge is 2.40. The van der Waals surface area contributed by atoms with E-state index in [2.05, 4.69) is 15.2 Å². The van der Waals surface area contributed by atoms with Crippen molar-refractivity contribution in [3.63, 3.8) is 0 Å². The monoisotopic (exact) mass is 442 g/mol. The van der Waals surface area contributed by atoms with Gasteiger partial charge in [0.2, 0.25) is 0 Å². The number of nitrogens with zero attached hydrogens (tertiary/aromatic N) is 3. The second-order valence-electron chi connectivity index (χ2n) is 6.39. The van der Waals surface area contributed by atoms with Gasteiger partial charge in [0, 0.05) is 21.8 Å². The van der Waals surface area contributed by atoms with Gasteiger partial charge in [-0.25, -0.2) is 9.88 Å². The van der Waals surface area contributed by atoms with Gasteiger partial charge in [0.1, 0.15) is 0 Å². The Morgan fingerprint density at radius 3 is 2.34 bits per heavy atom. The first kappa shape index (κ1) is 18.1. The Labute approximate surface area is 179 Å². The zero-order valence-electron chi connectivity index (χ0n) is 14.4. The van der Waals surface area contributed by atoms with Crippen LogP contribution in [-0.4, -0.2) is 27.0 Å². The number of aromatic nitrogens is 3. The molecule has 5 rings (SSSR count). The number of H-pyrrole nitrogens is 1. The van der Waals surface area contributed by atoms with E-state index in [4.69, 9.17) is 34.8 Å². The van der Waals surface area contributed by atoms with Crippen molar-refractivity contribution in [2.75, 3.05) is 4.90 Å². The number of halogens is 3. The van der Waals surface area contributed by atoms with Gasteiger partial charge < -0.3 is 0 Å². The molecule has 2 aromatic carbocycles. The molecule has 0 atom stereocenters. The normalized spacial score (nSPS) is 13.4. The van der Waals surface area contributed by atoms with Crippen LogP contribution in [0.4, 0.5) is 5.69 Å². The number of amides is 2. The highest BCUT2D eigenvalue weighted by atomic mass is 35.5. The third-order valence-electron chi connectivity index (χ3n) is 4.72. The predicted octanol–water partition coefficient (Wildman–Crippen LogP) is 5.39. The molecule has 0 saturated heterocycles. The largest absolute Gasteiger partial charge is 0.275 e. The lowest BCUT2D eigenvalue weighted by molar-refractivity contribution is 0.0926. The van der Waals surface area contributed by atoms with E-state index in [1.54, 1.807) is 30.3 Å². The number of rotatable bonds is 2. The number of carbonyl (C=O) groups excluding carboxylic acids is 2. The number of hydrogen-bond donors (Lipinski definition) is 1. The van der Waals surface area contributed by atoms with Gasteiger partial charge in [0.05, 0.1) is 32.9 Å². The molecule has 4 aromatic rings. The smallest absolute Gasteiger partial charge is 0.267 e. The molecule has 0 spiro atoms. The van der Waals surface area contributed by atoms with Crippen molar-refractivity contribution in [2.45, 2.75) is 0 Å². The van der Waals surface area contributed by atoms with Crippen molar-refractivity contribution < 1.29 is 9.59 Å². The first-order valence-electron chi connectivity index (χ1n) is 8.42. The fraction of sp³-hybridized carbons (Fsp3) is 0. The minimum absolute atomic E-state index is 0.185. The summed E-state index contributed by atoms with van der Waals surface area (Å²) in [5.74, 6) is -1.01. The van der Waals surface area contributed by atoms with Crippen LogP contribution in [0, 0.1) is 0 Å². The number of pyridine rings is 1. The molecule has 0 bridgehead atoms. The standard InChI is InChI=1S/C20H9Cl3N4O2/c21-10-3-1-9(2-4-10)17-16-15-12(8-24-18(16)26-25-17)19(28)27(20(15)29)14-6-5-11(22)7-13(14)23/h1-8H,(H,24,25,26). The Kier molecular flexibility index (Phi) is 4.10. The van der Waals surface area contributed by atoms with Crippen LogP contribution in [-0.2, 0) is 0 Å². The average Bonchev–Trinajstić information content (AvgIpc) is 3.23. The molecule has 2 aromatic heterocycles. The van der Waals surface area contributed by atoms with Crippen molar-refractivity contribution in [3.05, 3.63) is 74.9 Å². The maximum atomic E-state index is 13.3. The first-order valence-corrected chi connectivity index (χ1v) is 9.56. The van der Waals surface area contributed by atoms with E-state index in [0.717, 1.165) is 10.5 Å². The lowest BCUT2D eigenvalue weighted by Crippen LogP contribution is -2.29. The van der Waals surface area contributed by atoms with Crippen LogP contribution in [0.3, 0.4) is 0 Å². The van der Waals surface area contributed by atoms with Crippen LogP contribution in [0.25, 0.3) is 22.3 Å². The molecule has 29 heavy (non-hydrogen) atoms. The van der Waals surface area contributed by atoms with Gasteiger partial charge in [-0.3, -0.25) is 14.7 Å². The van der Waals surface area contributed by atoms with Crippen LogP contribution in [0.2, 0.25) is 15.1 Å². The van der Waals surface area contributed by atoms with Gasteiger partial charge in [-0.2, -0.15) is 5.10 Å². The van der Waals surface area contributed by atoms with E-state index >= 15 is 0 Å². The van der Waals surface area contributed by atoms with E-state index in [-0.39, 0.29) is 21.8 Å². The first-order chi connectivity index (χ1) is 14.0. The van der Waals surface area contributed by atoms with Gasteiger partial charge in [-0.1, -0.05) is 46.9 Å². The summed E-state index contributed by atoms with van der Waals surface area (Å²) >= 11 is 18.2. The summed E-state index contributed by atoms with van der Waals surface area (Å²) in [6.45, 7) is 0. The summed E-state index contributed by atoms with van der Waals surface area (Å²) in [4.78, 5) is 31.6. The molecule has 2 amide bonds. The molecule has 0 unspecified atom stereocenters. The fourth-order valence-electron chi connectivity index (χ4n) is 3.40. The Bertz CT molecular complexity index is 1330. The van der Waals surface area contributed by atoms with E-state index in [1.807, 2.05) is 0 Å². The maximum Gasteiger partial charge on any atom is 0.267 e. The predicted molar refractivity (Wildman–Crippen MR) is 112 cm³/mol. The minimum atomic E-state index is -0.508. The van der Waals surface area contributed by atoms with Gasteiger partial charge in [0.25, 0.3) is 11.8 Å². The summed E-state index contributed by atoms with van der Waals surface area (Å²) in [6, 6.07) is 11.6. The molecule has 1 N–H and O–H groups in total. The number of anilines is 1. The molecule has 0 aliphatic carbocycles. The number of hydrogen-bond acceptors (Lipinski definition) is 4. The zero-order chi connectivity index (χ0) is 20.3. The molecule has 1 aliphatic rings. The number of benzene rings is 2. The molecule has 3 heterocycles. The summed E-state index contributed by atoms with van der Waals surface area (Å²) < 4.78 is 0. The number of carbonyl (C=O) groups is 2. The van der Waals surface area contributed by atoms with Gasteiger partial charge in [-0.05, 0) is 30.3 Å². The third kappa shape index (κ3) is 2.72. The molecule has 0 fully saturated rings. The quantitative estimate of drug-likeness (QED) is 0.422. The zero-order valence-corrected chi connectivity index (χ0v) is 16.7. The van der Waals surface area contributed by atoms with Gasteiger partial charge in [-0.15, -0.1) is 0 Å². The Morgan fingerprint density at radius 2 is 1.62 bits per heavy atom. The fourth-order valence-corrected chi connectivity index (χ4v) is 4.02. The Balaban J connectivity index is 1.73. The van der Waals surface area contributed by atoms with Crippen molar-refractivity contribution in [3.8, 4) is 11.3 Å². The van der Waals surface area contributed by atoms with Crippen LogP contribution >= 0.6 is 34.8 Å². The molecular formula is C20H9Cl3N4O2. The molecule has 0 radical (unpaired) electrons. The van der Waals surface area contributed by atoms with Gasteiger partial charge in [0.15, 0.2) is 5.65 Å². The van der Waals surface area contributed by atoms with E-state index in [1.165, 1.54) is 18.3 Å². The summed E-state index contributed by atoms with van der Waals surface area (Å²) in [5.41, 5.74) is 2.34. The van der Waals surface area contributed by atoms with Crippen molar-refractivity contribution in [2.24, 2.45) is 0 Å². The Hall–Kier alpha value is -2.93.